The van der Waals surface area contributed by atoms with Gasteiger partial charge < -0.3 is 20.9 Å². The number of piperazine rings is 1. The maximum atomic E-state index is 11.6. The molecule has 2 aliphatic rings. The maximum Gasteiger partial charge on any atom is 0.230 e. The number of allylic oxidation sites excluding steroid dienone is 2. The predicted molar refractivity (Wildman–Crippen MR) is 125 cm³/mol. The van der Waals surface area contributed by atoms with E-state index < -0.39 is 0 Å². The fraction of sp³-hybridized carbons (Fsp3) is 0.478. The lowest BCUT2D eigenvalue weighted by Gasteiger charge is -2.29. The summed E-state index contributed by atoms with van der Waals surface area (Å²) in [6.45, 7) is 7.44. The van der Waals surface area contributed by atoms with Crippen molar-refractivity contribution in [2.45, 2.75) is 45.6 Å². The topological polar surface area (TPSA) is 95.1 Å². The molecule has 0 spiro atoms. The Balaban J connectivity index is 1.52. The highest BCUT2D eigenvalue weighted by molar-refractivity contribution is 5.95. The van der Waals surface area contributed by atoms with Crippen LogP contribution >= 0.6 is 0 Å². The van der Waals surface area contributed by atoms with Crippen molar-refractivity contribution in [3.8, 4) is 0 Å². The summed E-state index contributed by atoms with van der Waals surface area (Å²) >= 11 is 0. The van der Waals surface area contributed by atoms with Crippen LogP contribution in [0.3, 0.4) is 0 Å². The van der Waals surface area contributed by atoms with Gasteiger partial charge in [-0.3, -0.25) is 4.79 Å². The number of nitrogens with one attached hydrogen (secondary N) is 3. The van der Waals surface area contributed by atoms with Crippen molar-refractivity contribution < 1.29 is 4.79 Å². The number of carbonyl (C=O) groups is 1. The second-order valence-electron chi connectivity index (χ2n) is 8.28. The van der Waals surface area contributed by atoms with E-state index >= 15 is 0 Å². The number of carbonyl (C=O) groups excluding carboxylic acids is 1. The fourth-order valence-corrected chi connectivity index (χ4v) is 4.17. The number of ketones is 1. The molecule has 1 saturated heterocycles. The van der Waals surface area contributed by atoms with Gasteiger partial charge in [0.25, 0.3) is 0 Å². The van der Waals surface area contributed by atoms with Gasteiger partial charge in [-0.1, -0.05) is 12.8 Å². The smallest absolute Gasteiger partial charge is 0.230 e. The normalized spacial score (nSPS) is 17.6. The Labute approximate surface area is 183 Å². The van der Waals surface area contributed by atoms with Crippen LogP contribution in [0.4, 0.5) is 23.3 Å². The molecule has 1 aliphatic carbocycles. The molecule has 3 heterocycles. The Hall–Kier alpha value is -3.00. The minimum absolute atomic E-state index is 0.0142. The van der Waals surface area contributed by atoms with E-state index in [0.717, 1.165) is 61.7 Å². The van der Waals surface area contributed by atoms with Crippen LogP contribution in [0.2, 0.25) is 0 Å². The van der Waals surface area contributed by atoms with Gasteiger partial charge in [-0.2, -0.15) is 4.98 Å². The number of rotatable bonds is 7. The minimum atomic E-state index is 0.0142. The average Bonchev–Trinajstić information content (AvgIpc) is 3.28. The van der Waals surface area contributed by atoms with E-state index in [1.165, 1.54) is 12.8 Å². The second-order valence-corrected chi connectivity index (χ2v) is 8.28. The first-order valence-corrected chi connectivity index (χ1v) is 11.1. The van der Waals surface area contributed by atoms with E-state index in [4.69, 9.17) is 4.98 Å². The van der Waals surface area contributed by atoms with Crippen LogP contribution in [-0.2, 0) is 4.79 Å². The molecule has 8 nitrogen and oxygen atoms in total. The van der Waals surface area contributed by atoms with E-state index in [1.807, 2.05) is 19.2 Å². The van der Waals surface area contributed by atoms with Crippen LogP contribution < -0.4 is 20.9 Å². The van der Waals surface area contributed by atoms with Gasteiger partial charge in [0.15, 0.2) is 5.78 Å². The molecule has 0 atom stereocenters. The van der Waals surface area contributed by atoms with Crippen LogP contribution in [-0.4, -0.2) is 53.0 Å². The molecule has 3 N–H and O–H groups in total. The summed E-state index contributed by atoms with van der Waals surface area (Å²) in [6.07, 6.45) is 10.0. The van der Waals surface area contributed by atoms with E-state index in [9.17, 15) is 4.79 Å². The maximum absolute atomic E-state index is 11.6. The summed E-state index contributed by atoms with van der Waals surface area (Å²) in [5.74, 6) is 1.97. The van der Waals surface area contributed by atoms with Gasteiger partial charge >= 0.3 is 0 Å². The highest BCUT2D eigenvalue weighted by Gasteiger charge is 2.18. The van der Waals surface area contributed by atoms with Crippen molar-refractivity contribution in [1.29, 1.82) is 0 Å². The summed E-state index contributed by atoms with van der Waals surface area (Å²) in [5.41, 5.74) is 2.84. The third kappa shape index (κ3) is 5.58. The molecule has 1 aliphatic heterocycles. The van der Waals surface area contributed by atoms with Gasteiger partial charge in [0, 0.05) is 44.0 Å². The fourth-order valence-electron chi connectivity index (χ4n) is 4.17. The molecule has 0 aromatic carbocycles. The lowest BCUT2D eigenvalue weighted by atomic mass is 10.1. The first-order valence-electron chi connectivity index (χ1n) is 11.1. The molecule has 2 aromatic heterocycles. The zero-order valence-corrected chi connectivity index (χ0v) is 18.3. The molecular formula is C23H31N7O. The van der Waals surface area contributed by atoms with Crippen molar-refractivity contribution >= 4 is 34.6 Å². The molecule has 8 heteroatoms. The highest BCUT2D eigenvalue weighted by Crippen LogP contribution is 2.28. The van der Waals surface area contributed by atoms with Crippen molar-refractivity contribution in [3.63, 3.8) is 0 Å². The van der Waals surface area contributed by atoms with E-state index in [2.05, 4.69) is 36.9 Å². The minimum Gasteiger partial charge on any atom is -0.368 e. The van der Waals surface area contributed by atoms with Crippen LogP contribution in [0.5, 0.6) is 0 Å². The summed E-state index contributed by atoms with van der Waals surface area (Å²) in [4.78, 5) is 27.6. The second kappa shape index (κ2) is 9.87. The molecule has 2 fully saturated rings. The zero-order valence-electron chi connectivity index (χ0n) is 18.3. The van der Waals surface area contributed by atoms with Gasteiger partial charge in [-0.15, -0.1) is 0 Å². The first kappa shape index (κ1) is 21.2. The number of anilines is 4. The number of hydrogen-bond donors (Lipinski definition) is 3. The molecular weight excluding hydrogens is 390 g/mol. The number of pyridine rings is 1. The lowest BCUT2D eigenvalue weighted by molar-refractivity contribution is -0.112. The van der Waals surface area contributed by atoms with Crippen LogP contribution in [0, 0.1) is 0 Å². The number of nitrogens with zero attached hydrogens (tertiary/aromatic N) is 4. The molecule has 0 radical (unpaired) electrons. The van der Waals surface area contributed by atoms with Crippen molar-refractivity contribution in [1.82, 2.24) is 20.3 Å². The highest BCUT2D eigenvalue weighted by atomic mass is 16.1. The van der Waals surface area contributed by atoms with Crippen LogP contribution in [0.15, 0.2) is 30.6 Å². The summed E-state index contributed by atoms with van der Waals surface area (Å²) in [5, 5.41) is 10.1. The van der Waals surface area contributed by atoms with Crippen molar-refractivity contribution in [3.05, 3.63) is 36.2 Å². The van der Waals surface area contributed by atoms with Crippen molar-refractivity contribution in [2.24, 2.45) is 0 Å². The average molecular weight is 422 g/mol. The van der Waals surface area contributed by atoms with E-state index in [1.54, 1.807) is 19.2 Å². The Morgan fingerprint density at radius 2 is 1.90 bits per heavy atom. The molecule has 0 amide bonds. The van der Waals surface area contributed by atoms with Gasteiger partial charge in [0.1, 0.15) is 11.6 Å². The first-order chi connectivity index (χ1) is 15.1. The molecule has 0 bridgehead atoms. The predicted octanol–water partition coefficient (Wildman–Crippen LogP) is 3.37. The van der Waals surface area contributed by atoms with Gasteiger partial charge in [-0.05, 0) is 50.5 Å². The summed E-state index contributed by atoms with van der Waals surface area (Å²) in [6, 6.07) is 4.44. The standard InChI is InChI=1S/C23H31N7O/c1-16(13-17(2)31)20-15-26-23(29-22(20)27-18-5-3-4-6-18)28-21-8-7-19(14-25-21)30-11-9-24-10-12-30/h7-8,13-15,18,24H,3-6,9-12H2,1-2H3,(H2,25,26,27,28,29)/b16-13-. The molecule has 4 rings (SSSR count). The number of aromatic nitrogens is 3. The zero-order chi connectivity index (χ0) is 21.6. The lowest BCUT2D eigenvalue weighted by Crippen LogP contribution is -2.43. The van der Waals surface area contributed by atoms with E-state index in [0.29, 0.717) is 17.8 Å². The third-order valence-corrected chi connectivity index (χ3v) is 5.80. The largest absolute Gasteiger partial charge is 0.368 e. The number of hydrogen-bond acceptors (Lipinski definition) is 8. The van der Waals surface area contributed by atoms with Gasteiger partial charge in [-0.25, -0.2) is 9.97 Å². The van der Waals surface area contributed by atoms with Crippen LogP contribution in [0.25, 0.3) is 5.57 Å². The Bertz CT molecular complexity index is 929. The SMILES string of the molecule is CC(=O)/C=C(/C)c1cnc(Nc2ccc(N3CCNCC3)cn2)nc1NC1CCCC1. The Morgan fingerprint density at radius 3 is 2.58 bits per heavy atom. The Morgan fingerprint density at radius 1 is 1.13 bits per heavy atom. The Kier molecular flexibility index (Phi) is 6.76. The molecule has 1 saturated carbocycles. The third-order valence-electron chi connectivity index (χ3n) is 5.80. The monoisotopic (exact) mass is 421 g/mol. The molecule has 2 aromatic rings. The van der Waals surface area contributed by atoms with E-state index in [-0.39, 0.29) is 5.78 Å². The summed E-state index contributed by atoms with van der Waals surface area (Å²) < 4.78 is 0. The molecule has 31 heavy (non-hydrogen) atoms. The molecule has 0 unspecified atom stereocenters. The molecule has 164 valence electrons. The van der Waals surface area contributed by atoms with Gasteiger partial charge in [0.05, 0.1) is 11.9 Å². The van der Waals surface area contributed by atoms with Gasteiger partial charge in [0.2, 0.25) is 5.95 Å². The summed E-state index contributed by atoms with van der Waals surface area (Å²) in [7, 11) is 0. The quantitative estimate of drug-likeness (QED) is 0.586. The van der Waals surface area contributed by atoms with Crippen LogP contribution in [0.1, 0.15) is 45.1 Å². The van der Waals surface area contributed by atoms with Crippen molar-refractivity contribution in [2.75, 3.05) is 41.7 Å².